The van der Waals surface area contributed by atoms with Crippen molar-refractivity contribution in [1.29, 1.82) is 0 Å². The highest BCUT2D eigenvalue weighted by Gasteiger charge is 2.09. The van der Waals surface area contributed by atoms with Crippen molar-refractivity contribution in [3.05, 3.63) is 64.2 Å². The fourth-order valence-electron chi connectivity index (χ4n) is 2.98. The molecule has 2 aromatic carbocycles. The van der Waals surface area contributed by atoms with E-state index in [0.717, 1.165) is 12.1 Å². The van der Waals surface area contributed by atoms with Gasteiger partial charge < -0.3 is 5.73 Å². The lowest BCUT2D eigenvalue weighted by Gasteiger charge is -2.16. The van der Waals surface area contributed by atoms with Gasteiger partial charge >= 0.3 is 0 Å². The van der Waals surface area contributed by atoms with E-state index in [1.807, 2.05) is 6.07 Å². The molecular weight excluding hydrogens is 230 g/mol. The molecule has 98 valence electrons. The van der Waals surface area contributed by atoms with Crippen LogP contribution in [0.1, 0.15) is 40.7 Å². The number of hydrogen-bond acceptors (Lipinski definition) is 1. The molecule has 0 saturated carbocycles. The van der Waals surface area contributed by atoms with Crippen LogP contribution in [0.2, 0.25) is 0 Å². The summed E-state index contributed by atoms with van der Waals surface area (Å²) in [5, 5.41) is 0. The molecule has 1 nitrogen and oxygen atoms in total. The summed E-state index contributed by atoms with van der Waals surface area (Å²) in [6, 6.07) is 13.4. The van der Waals surface area contributed by atoms with E-state index in [-0.39, 0.29) is 0 Å². The molecule has 1 aliphatic rings. The minimum Gasteiger partial charge on any atom is -0.399 e. The monoisotopic (exact) mass is 251 g/mol. The van der Waals surface area contributed by atoms with Gasteiger partial charge in [-0.15, -0.1) is 0 Å². The average molecular weight is 251 g/mol. The molecule has 0 amide bonds. The lowest BCUT2D eigenvalue weighted by atomic mass is 9.89. The first-order valence-corrected chi connectivity index (χ1v) is 7.18. The van der Waals surface area contributed by atoms with Gasteiger partial charge in [-0.3, -0.25) is 0 Å². The van der Waals surface area contributed by atoms with Gasteiger partial charge in [-0.25, -0.2) is 0 Å². The van der Waals surface area contributed by atoms with Crippen LogP contribution in [0.3, 0.4) is 0 Å². The first kappa shape index (κ1) is 12.3. The first-order valence-electron chi connectivity index (χ1n) is 7.18. The summed E-state index contributed by atoms with van der Waals surface area (Å²) in [5.41, 5.74) is 13.8. The Balaban J connectivity index is 1.84. The number of benzene rings is 2. The Kier molecular flexibility index (Phi) is 3.29. The zero-order valence-electron chi connectivity index (χ0n) is 11.6. The van der Waals surface area contributed by atoms with E-state index in [1.165, 1.54) is 42.4 Å². The number of nitrogens with two attached hydrogens (primary N) is 1. The number of fused-ring (bicyclic) bond motifs is 1. The topological polar surface area (TPSA) is 26.0 Å². The third-order valence-corrected chi connectivity index (χ3v) is 4.16. The Morgan fingerprint density at radius 1 is 0.895 bits per heavy atom. The van der Waals surface area contributed by atoms with E-state index >= 15 is 0 Å². The van der Waals surface area contributed by atoms with Gasteiger partial charge in [0.05, 0.1) is 0 Å². The van der Waals surface area contributed by atoms with Crippen molar-refractivity contribution in [1.82, 2.24) is 0 Å². The Hall–Kier alpha value is -1.76. The first-order chi connectivity index (χ1) is 9.22. The summed E-state index contributed by atoms with van der Waals surface area (Å²) >= 11 is 0. The van der Waals surface area contributed by atoms with E-state index < -0.39 is 0 Å². The Morgan fingerprint density at radius 2 is 1.58 bits per heavy atom. The molecule has 2 N–H and O–H groups in total. The number of hydrogen-bond donors (Lipinski definition) is 1. The maximum Gasteiger partial charge on any atom is 0.0343 e. The second-order valence-corrected chi connectivity index (χ2v) is 5.68. The van der Waals surface area contributed by atoms with Gasteiger partial charge in [0.1, 0.15) is 0 Å². The van der Waals surface area contributed by atoms with Crippen LogP contribution in [0.25, 0.3) is 0 Å². The molecule has 1 heteroatoms. The predicted molar refractivity (Wildman–Crippen MR) is 81.5 cm³/mol. The highest BCUT2D eigenvalue weighted by molar-refractivity contribution is 5.48. The second kappa shape index (κ2) is 5.08. The molecule has 0 aromatic heterocycles. The summed E-state index contributed by atoms with van der Waals surface area (Å²) in [5.74, 6) is 0. The van der Waals surface area contributed by atoms with Crippen LogP contribution >= 0.6 is 0 Å². The van der Waals surface area contributed by atoms with Gasteiger partial charge in [-0.2, -0.15) is 0 Å². The molecule has 2 aromatic rings. The van der Waals surface area contributed by atoms with Gasteiger partial charge in [-0.05, 0) is 72.9 Å². The van der Waals surface area contributed by atoms with E-state index in [9.17, 15) is 0 Å². The molecule has 0 fully saturated rings. The minimum absolute atomic E-state index is 0.884. The predicted octanol–water partition coefficient (Wildman–Crippen LogP) is 4.05. The maximum absolute atomic E-state index is 5.87. The molecule has 0 bridgehead atoms. The molecule has 0 heterocycles. The Bertz CT molecular complexity index is 599. The Labute approximate surface area is 115 Å². The molecule has 19 heavy (non-hydrogen) atoms. The fraction of sp³-hybridized carbons (Fsp3) is 0.333. The fourth-order valence-corrected chi connectivity index (χ4v) is 2.98. The van der Waals surface area contributed by atoms with Crippen LogP contribution in [0.5, 0.6) is 0 Å². The van der Waals surface area contributed by atoms with E-state index in [1.54, 1.807) is 11.1 Å². The second-order valence-electron chi connectivity index (χ2n) is 5.68. The van der Waals surface area contributed by atoms with Crippen molar-refractivity contribution in [2.75, 3.05) is 5.73 Å². The number of anilines is 1. The molecular formula is C18H21N. The van der Waals surface area contributed by atoms with Crippen LogP contribution in [0.15, 0.2) is 36.4 Å². The average Bonchev–Trinajstić information content (AvgIpc) is 2.43. The number of rotatable bonds is 2. The van der Waals surface area contributed by atoms with Gasteiger partial charge in [0.2, 0.25) is 0 Å². The number of nitrogen functional groups attached to an aromatic ring is 1. The van der Waals surface area contributed by atoms with E-state index in [0.29, 0.717) is 0 Å². The van der Waals surface area contributed by atoms with Crippen molar-refractivity contribution in [3.8, 4) is 0 Å². The van der Waals surface area contributed by atoms with Crippen molar-refractivity contribution in [2.24, 2.45) is 0 Å². The van der Waals surface area contributed by atoms with Crippen LogP contribution in [0.4, 0.5) is 5.69 Å². The molecule has 3 rings (SSSR count). The minimum atomic E-state index is 0.884. The molecule has 0 aliphatic heterocycles. The largest absolute Gasteiger partial charge is 0.399 e. The summed E-state index contributed by atoms with van der Waals surface area (Å²) in [7, 11) is 0. The lowest BCUT2D eigenvalue weighted by molar-refractivity contribution is 0.684. The summed E-state index contributed by atoms with van der Waals surface area (Å²) < 4.78 is 0. The summed E-state index contributed by atoms with van der Waals surface area (Å²) in [4.78, 5) is 0. The van der Waals surface area contributed by atoms with Crippen molar-refractivity contribution < 1.29 is 0 Å². The van der Waals surface area contributed by atoms with Crippen LogP contribution in [-0.4, -0.2) is 0 Å². The zero-order valence-corrected chi connectivity index (χ0v) is 11.6. The summed E-state index contributed by atoms with van der Waals surface area (Å²) in [6.45, 7) is 2.08. The maximum atomic E-state index is 5.87. The van der Waals surface area contributed by atoms with Gasteiger partial charge in [0.15, 0.2) is 0 Å². The zero-order chi connectivity index (χ0) is 13.2. The highest BCUT2D eigenvalue weighted by Crippen LogP contribution is 2.24. The summed E-state index contributed by atoms with van der Waals surface area (Å²) in [6.07, 6.45) is 6.22. The molecule has 0 spiro atoms. The standard InChI is InChI=1S/C18H21N/c1-13-10-14(7-9-18(13)19)11-15-6-8-16-4-2-3-5-17(16)12-15/h6-10,12H,2-5,11,19H2,1H3. The molecule has 0 saturated heterocycles. The van der Waals surface area contributed by atoms with Gasteiger partial charge in [-0.1, -0.05) is 30.3 Å². The highest BCUT2D eigenvalue weighted by atomic mass is 14.5. The molecule has 0 radical (unpaired) electrons. The van der Waals surface area contributed by atoms with Crippen molar-refractivity contribution in [2.45, 2.75) is 39.0 Å². The van der Waals surface area contributed by atoms with Gasteiger partial charge in [0, 0.05) is 5.69 Å². The molecule has 1 aliphatic carbocycles. The third kappa shape index (κ3) is 2.65. The quantitative estimate of drug-likeness (QED) is 0.801. The van der Waals surface area contributed by atoms with Crippen molar-refractivity contribution >= 4 is 5.69 Å². The van der Waals surface area contributed by atoms with E-state index in [2.05, 4.69) is 37.3 Å². The molecule has 0 unspecified atom stereocenters. The van der Waals surface area contributed by atoms with Crippen LogP contribution < -0.4 is 5.73 Å². The van der Waals surface area contributed by atoms with Crippen LogP contribution in [-0.2, 0) is 19.3 Å². The van der Waals surface area contributed by atoms with Crippen LogP contribution in [0, 0.1) is 6.92 Å². The molecule has 0 atom stereocenters. The SMILES string of the molecule is Cc1cc(Cc2ccc3c(c2)CCCC3)ccc1N. The Morgan fingerprint density at radius 3 is 2.37 bits per heavy atom. The van der Waals surface area contributed by atoms with Crippen molar-refractivity contribution in [3.63, 3.8) is 0 Å². The normalized spacial score (nSPS) is 14.2. The number of aryl methyl sites for hydroxylation is 3. The lowest BCUT2D eigenvalue weighted by Crippen LogP contribution is -2.03. The smallest absolute Gasteiger partial charge is 0.0343 e. The third-order valence-electron chi connectivity index (χ3n) is 4.16. The van der Waals surface area contributed by atoms with E-state index in [4.69, 9.17) is 5.73 Å². The van der Waals surface area contributed by atoms with Gasteiger partial charge in [0.25, 0.3) is 0 Å².